The summed E-state index contributed by atoms with van der Waals surface area (Å²) < 4.78 is 67.8. The lowest BCUT2D eigenvalue weighted by atomic mass is 10.1. The maximum atomic E-state index is 12.3. The molecule has 0 aliphatic carbocycles. The Kier molecular flexibility index (Phi) is 3.48. The molecule has 0 radical (unpaired) electrons. The molecular formula is C12H9F3O5S. The van der Waals surface area contributed by atoms with Gasteiger partial charge < -0.3 is 8.60 Å². The van der Waals surface area contributed by atoms with Crippen molar-refractivity contribution in [1.82, 2.24) is 0 Å². The van der Waals surface area contributed by atoms with Gasteiger partial charge >= 0.3 is 21.3 Å². The van der Waals surface area contributed by atoms with Gasteiger partial charge in [-0.25, -0.2) is 4.79 Å². The number of halogens is 3. The van der Waals surface area contributed by atoms with Crippen LogP contribution in [0.5, 0.6) is 5.75 Å². The van der Waals surface area contributed by atoms with Crippen molar-refractivity contribution in [3.05, 3.63) is 39.7 Å². The van der Waals surface area contributed by atoms with Crippen LogP contribution in [0.1, 0.15) is 11.1 Å². The summed E-state index contributed by atoms with van der Waals surface area (Å²) in [5.41, 5.74) is -5.59. The first-order valence-corrected chi connectivity index (χ1v) is 6.98. The van der Waals surface area contributed by atoms with Crippen LogP contribution in [0.15, 0.2) is 27.4 Å². The number of rotatable bonds is 2. The van der Waals surface area contributed by atoms with Gasteiger partial charge in [0.1, 0.15) is 11.3 Å². The monoisotopic (exact) mass is 322 g/mol. The van der Waals surface area contributed by atoms with E-state index < -0.39 is 27.0 Å². The summed E-state index contributed by atoms with van der Waals surface area (Å²) in [5.74, 6) is -0.548. The molecule has 1 aromatic carbocycles. The molecule has 0 bridgehead atoms. The molecule has 0 aliphatic heterocycles. The van der Waals surface area contributed by atoms with Crippen LogP contribution in [0.4, 0.5) is 13.2 Å². The minimum Gasteiger partial charge on any atom is -0.423 e. The lowest BCUT2D eigenvalue weighted by Gasteiger charge is -2.12. The van der Waals surface area contributed by atoms with E-state index in [1.807, 2.05) is 0 Å². The lowest BCUT2D eigenvalue weighted by Crippen LogP contribution is -2.28. The van der Waals surface area contributed by atoms with Gasteiger partial charge in [-0.2, -0.15) is 21.6 Å². The van der Waals surface area contributed by atoms with Crippen LogP contribution in [-0.4, -0.2) is 13.9 Å². The average Bonchev–Trinajstić information content (AvgIpc) is 2.29. The molecule has 1 heterocycles. The van der Waals surface area contributed by atoms with Crippen molar-refractivity contribution in [2.45, 2.75) is 19.4 Å². The number of hydrogen-bond donors (Lipinski definition) is 0. The quantitative estimate of drug-likeness (QED) is 0.483. The summed E-state index contributed by atoms with van der Waals surface area (Å²) in [6, 6.07) is 3.55. The predicted molar refractivity (Wildman–Crippen MR) is 67.6 cm³/mol. The zero-order chi connectivity index (χ0) is 16.0. The molecule has 0 N–H and O–H groups in total. The summed E-state index contributed by atoms with van der Waals surface area (Å²) in [5, 5.41) is 0.476. The third-order valence-electron chi connectivity index (χ3n) is 2.73. The summed E-state index contributed by atoms with van der Waals surface area (Å²) in [4.78, 5) is 11.2. The Balaban J connectivity index is 2.62. The number of benzene rings is 1. The summed E-state index contributed by atoms with van der Waals surface area (Å²) in [6.45, 7) is 3.00. The molecule has 0 amide bonds. The fourth-order valence-electron chi connectivity index (χ4n) is 1.71. The van der Waals surface area contributed by atoms with Crippen LogP contribution >= 0.6 is 0 Å². The maximum absolute atomic E-state index is 12.3. The first-order valence-electron chi connectivity index (χ1n) is 5.57. The topological polar surface area (TPSA) is 73.6 Å². The number of fused-ring (bicyclic) bond motifs is 1. The van der Waals surface area contributed by atoms with Gasteiger partial charge in [0.25, 0.3) is 0 Å². The fraction of sp³-hybridized carbons (Fsp3) is 0.250. The summed E-state index contributed by atoms with van der Waals surface area (Å²) in [6.07, 6.45) is 0. The van der Waals surface area contributed by atoms with Crippen LogP contribution in [0.2, 0.25) is 0 Å². The molecule has 21 heavy (non-hydrogen) atoms. The van der Waals surface area contributed by atoms with E-state index in [9.17, 15) is 26.4 Å². The van der Waals surface area contributed by atoms with Crippen molar-refractivity contribution in [1.29, 1.82) is 0 Å². The molecule has 5 nitrogen and oxygen atoms in total. The molecule has 9 heteroatoms. The highest BCUT2D eigenvalue weighted by Gasteiger charge is 2.48. The molecule has 0 fully saturated rings. The van der Waals surface area contributed by atoms with Crippen molar-refractivity contribution in [2.24, 2.45) is 0 Å². The minimum atomic E-state index is -5.78. The molecule has 0 unspecified atom stereocenters. The smallest absolute Gasteiger partial charge is 0.423 e. The fourth-order valence-corrected chi connectivity index (χ4v) is 2.22. The van der Waals surface area contributed by atoms with Crippen molar-refractivity contribution in [2.75, 3.05) is 0 Å². The van der Waals surface area contributed by atoms with E-state index in [2.05, 4.69) is 4.18 Å². The highest BCUT2D eigenvalue weighted by molar-refractivity contribution is 7.88. The Morgan fingerprint density at radius 3 is 2.29 bits per heavy atom. The first kappa shape index (κ1) is 15.4. The van der Waals surface area contributed by atoms with E-state index in [-0.39, 0.29) is 11.1 Å². The van der Waals surface area contributed by atoms with E-state index in [1.165, 1.54) is 19.1 Å². The van der Waals surface area contributed by atoms with Crippen molar-refractivity contribution in [3.63, 3.8) is 0 Å². The van der Waals surface area contributed by atoms with Crippen molar-refractivity contribution in [3.8, 4) is 5.75 Å². The van der Waals surface area contributed by atoms with E-state index in [4.69, 9.17) is 4.42 Å². The third-order valence-corrected chi connectivity index (χ3v) is 3.70. The number of aryl methyl sites for hydroxylation is 2. The average molecular weight is 322 g/mol. The van der Waals surface area contributed by atoms with Gasteiger partial charge in [0.2, 0.25) is 0 Å². The highest BCUT2D eigenvalue weighted by Crippen LogP contribution is 2.31. The van der Waals surface area contributed by atoms with E-state index in [1.54, 1.807) is 6.92 Å². The van der Waals surface area contributed by atoms with Crippen LogP contribution in [-0.2, 0) is 10.1 Å². The van der Waals surface area contributed by atoms with Crippen LogP contribution < -0.4 is 9.81 Å². The number of alkyl halides is 3. The molecule has 0 atom stereocenters. The highest BCUT2D eigenvalue weighted by atomic mass is 32.2. The van der Waals surface area contributed by atoms with Crippen molar-refractivity contribution >= 4 is 21.1 Å². The molecule has 1 aromatic heterocycles. The van der Waals surface area contributed by atoms with Crippen LogP contribution in [0.3, 0.4) is 0 Å². The van der Waals surface area contributed by atoms with Gasteiger partial charge in [0.05, 0.1) is 0 Å². The molecule has 0 saturated carbocycles. The van der Waals surface area contributed by atoms with Gasteiger partial charge in [0, 0.05) is 17.5 Å². The summed E-state index contributed by atoms with van der Waals surface area (Å²) >= 11 is 0. The largest absolute Gasteiger partial charge is 0.534 e. The molecule has 2 aromatic rings. The zero-order valence-corrected chi connectivity index (χ0v) is 11.6. The molecule has 0 saturated heterocycles. The predicted octanol–water partition coefficient (Wildman–Crippen LogP) is 2.64. The van der Waals surface area contributed by atoms with Gasteiger partial charge in [-0.3, -0.25) is 0 Å². The zero-order valence-electron chi connectivity index (χ0n) is 10.8. The van der Waals surface area contributed by atoms with Gasteiger partial charge in [-0.1, -0.05) is 0 Å². The van der Waals surface area contributed by atoms with E-state index in [0.717, 1.165) is 6.07 Å². The Labute approximate surface area is 117 Å². The second kappa shape index (κ2) is 4.76. The first-order chi connectivity index (χ1) is 9.51. The minimum absolute atomic E-state index is 0.0574. The van der Waals surface area contributed by atoms with Gasteiger partial charge in [-0.05, 0) is 31.0 Å². The van der Waals surface area contributed by atoms with Gasteiger partial charge in [0.15, 0.2) is 0 Å². The van der Waals surface area contributed by atoms with Crippen LogP contribution in [0.25, 0.3) is 11.0 Å². The maximum Gasteiger partial charge on any atom is 0.534 e. The number of hydrogen-bond acceptors (Lipinski definition) is 5. The van der Waals surface area contributed by atoms with E-state index >= 15 is 0 Å². The normalized spacial score (nSPS) is 12.6. The standard InChI is InChI=1S/C12H9F3O5S/c1-6-4-11(16)19-10-5-9(7(2)3-8(6)10)20-21(17,18)12(13,14)15/h3-5H,1-2H3. The Hall–Kier alpha value is -2.03. The third kappa shape index (κ3) is 2.87. The Morgan fingerprint density at radius 2 is 1.71 bits per heavy atom. The van der Waals surface area contributed by atoms with E-state index in [0.29, 0.717) is 10.9 Å². The van der Waals surface area contributed by atoms with Gasteiger partial charge in [-0.15, -0.1) is 0 Å². The molecule has 0 aliphatic rings. The molecule has 114 valence electrons. The Bertz CT molecular complexity index is 865. The van der Waals surface area contributed by atoms with Crippen molar-refractivity contribution < 1.29 is 30.2 Å². The molecular weight excluding hydrogens is 313 g/mol. The summed E-state index contributed by atoms with van der Waals surface area (Å²) in [7, 11) is -5.78. The Morgan fingerprint density at radius 1 is 1.10 bits per heavy atom. The second-order valence-electron chi connectivity index (χ2n) is 4.35. The lowest BCUT2D eigenvalue weighted by molar-refractivity contribution is -0.0500. The molecule has 2 rings (SSSR count). The second-order valence-corrected chi connectivity index (χ2v) is 5.88. The molecule has 0 spiro atoms. The van der Waals surface area contributed by atoms with Crippen LogP contribution in [0, 0.1) is 13.8 Å². The SMILES string of the molecule is Cc1cc2c(C)cc(=O)oc2cc1OS(=O)(=O)C(F)(F)F.